The lowest BCUT2D eigenvalue weighted by atomic mass is 10.00. The Bertz CT molecular complexity index is 542. The predicted molar refractivity (Wildman–Crippen MR) is 76.2 cm³/mol. The minimum absolute atomic E-state index is 0.253. The maximum absolute atomic E-state index is 13.2. The van der Waals surface area contributed by atoms with Crippen LogP contribution in [0.15, 0.2) is 46.9 Å². The zero-order valence-electron chi connectivity index (χ0n) is 9.54. The number of rotatable bonds is 3. The Morgan fingerprint density at radius 3 is 2.50 bits per heavy atom. The van der Waals surface area contributed by atoms with Crippen molar-refractivity contribution < 1.29 is 4.39 Å². The van der Waals surface area contributed by atoms with E-state index in [1.807, 2.05) is 24.3 Å². The standard InChI is InChI=1S/C14H12BrClFN/c15-13-6-5-11(17)8-12(13)14(18)7-9-1-3-10(16)4-2-9/h1-6,8,14H,7,18H2. The molecule has 0 saturated heterocycles. The molecular weight excluding hydrogens is 317 g/mol. The van der Waals surface area contributed by atoms with Crippen LogP contribution in [0.25, 0.3) is 0 Å². The van der Waals surface area contributed by atoms with Gasteiger partial charge in [0.15, 0.2) is 0 Å². The van der Waals surface area contributed by atoms with Gasteiger partial charge < -0.3 is 5.73 Å². The Kier molecular flexibility index (Phi) is 4.38. The zero-order valence-corrected chi connectivity index (χ0v) is 11.9. The maximum atomic E-state index is 13.2. The second-order valence-corrected chi connectivity index (χ2v) is 5.39. The lowest BCUT2D eigenvalue weighted by Crippen LogP contribution is -2.14. The molecule has 0 heterocycles. The van der Waals surface area contributed by atoms with E-state index >= 15 is 0 Å². The molecule has 2 aromatic rings. The molecule has 1 atom stereocenters. The molecule has 0 saturated carbocycles. The molecule has 0 aromatic heterocycles. The quantitative estimate of drug-likeness (QED) is 0.883. The second kappa shape index (κ2) is 5.83. The summed E-state index contributed by atoms with van der Waals surface area (Å²) in [7, 11) is 0. The van der Waals surface area contributed by atoms with Crippen LogP contribution in [-0.4, -0.2) is 0 Å². The van der Waals surface area contributed by atoms with Crippen molar-refractivity contribution in [2.75, 3.05) is 0 Å². The molecule has 94 valence electrons. The summed E-state index contributed by atoms with van der Waals surface area (Å²) in [4.78, 5) is 0. The Labute approximate surface area is 119 Å². The van der Waals surface area contributed by atoms with Gasteiger partial charge in [-0.15, -0.1) is 0 Å². The van der Waals surface area contributed by atoms with Crippen molar-refractivity contribution in [3.05, 3.63) is 68.9 Å². The molecule has 1 unspecified atom stereocenters. The molecule has 18 heavy (non-hydrogen) atoms. The van der Waals surface area contributed by atoms with E-state index in [0.717, 1.165) is 15.6 Å². The highest BCUT2D eigenvalue weighted by atomic mass is 79.9. The molecule has 0 bridgehead atoms. The van der Waals surface area contributed by atoms with Gasteiger partial charge in [0.25, 0.3) is 0 Å². The van der Waals surface area contributed by atoms with Crippen LogP contribution in [-0.2, 0) is 6.42 Å². The topological polar surface area (TPSA) is 26.0 Å². The van der Waals surface area contributed by atoms with E-state index in [2.05, 4.69) is 15.9 Å². The van der Waals surface area contributed by atoms with Gasteiger partial charge in [0.2, 0.25) is 0 Å². The summed E-state index contributed by atoms with van der Waals surface area (Å²) in [6, 6.07) is 11.8. The zero-order chi connectivity index (χ0) is 13.1. The van der Waals surface area contributed by atoms with E-state index < -0.39 is 0 Å². The fourth-order valence-electron chi connectivity index (χ4n) is 1.78. The Balaban J connectivity index is 2.18. The lowest BCUT2D eigenvalue weighted by molar-refractivity contribution is 0.617. The molecule has 2 aromatic carbocycles. The minimum atomic E-state index is -0.278. The second-order valence-electron chi connectivity index (χ2n) is 4.10. The van der Waals surface area contributed by atoms with Crippen molar-refractivity contribution in [1.29, 1.82) is 0 Å². The first kappa shape index (κ1) is 13.5. The molecule has 0 amide bonds. The van der Waals surface area contributed by atoms with Gasteiger partial charge in [-0.1, -0.05) is 39.7 Å². The van der Waals surface area contributed by atoms with Crippen LogP contribution in [0.4, 0.5) is 4.39 Å². The van der Waals surface area contributed by atoms with E-state index in [9.17, 15) is 4.39 Å². The van der Waals surface area contributed by atoms with Gasteiger partial charge in [-0.3, -0.25) is 0 Å². The predicted octanol–water partition coefficient (Wildman–Crippen LogP) is 4.48. The largest absolute Gasteiger partial charge is 0.324 e. The van der Waals surface area contributed by atoms with Gasteiger partial charge in [0, 0.05) is 15.5 Å². The summed E-state index contributed by atoms with van der Waals surface area (Å²) in [5.41, 5.74) is 7.95. The van der Waals surface area contributed by atoms with Crippen molar-refractivity contribution in [3.63, 3.8) is 0 Å². The molecule has 0 spiro atoms. The van der Waals surface area contributed by atoms with Crippen LogP contribution in [0, 0.1) is 5.82 Å². The lowest BCUT2D eigenvalue weighted by Gasteiger charge is -2.14. The van der Waals surface area contributed by atoms with Crippen LogP contribution in [0.1, 0.15) is 17.2 Å². The summed E-state index contributed by atoms with van der Waals surface area (Å²) >= 11 is 9.21. The number of benzene rings is 2. The van der Waals surface area contributed by atoms with Crippen LogP contribution in [0.5, 0.6) is 0 Å². The molecule has 0 fully saturated rings. The van der Waals surface area contributed by atoms with Gasteiger partial charge in [-0.25, -0.2) is 4.39 Å². The SMILES string of the molecule is NC(Cc1ccc(Cl)cc1)c1cc(F)ccc1Br. The first-order chi connectivity index (χ1) is 8.56. The molecule has 2 rings (SSSR count). The number of nitrogens with two attached hydrogens (primary N) is 1. The summed E-state index contributed by atoms with van der Waals surface area (Å²) < 4.78 is 14.0. The van der Waals surface area contributed by atoms with E-state index in [1.54, 1.807) is 6.07 Å². The summed E-state index contributed by atoms with van der Waals surface area (Å²) in [6.45, 7) is 0. The molecule has 4 heteroatoms. The Hall–Kier alpha value is -0.900. The van der Waals surface area contributed by atoms with Gasteiger partial charge in [0.05, 0.1) is 0 Å². The molecule has 0 radical (unpaired) electrons. The first-order valence-corrected chi connectivity index (χ1v) is 6.68. The maximum Gasteiger partial charge on any atom is 0.123 e. The van der Waals surface area contributed by atoms with Crippen molar-refractivity contribution in [2.45, 2.75) is 12.5 Å². The van der Waals surface area contributed by atoms with E-state index in [4.69, 9.17) is 17.3 Å². The van der Waals surface area contributed by atoms with Crippen LogP contribution in [0.2, 0.25) is 5.02 Å². The fraction of sp³-hybridized carbons (Fsp3) is 0.143. The molecule has 0 aliphatic rings. The smallest absolute Gasteiger partial charge is 0.123 e. The molecular formula is C14H12BrClFN. The van der Waals surface area contributed by atoms with Gasteiger partial charge >= 0.3 is 0 Å². The Morgan fingerprint density at radius 1 is 1.17 bits per heavy atom. The third kappa shape index (κ3) is 3.31. The summed E-state index contributed by atoms with van der Waals surface area (Å²) in [5.74, 6) is -0.278. The highest BCUT2D eigenvalue weighted by Gasteiger charge is 2.11. The van der Waals surface area contributed by atoms with Crippen LogP contribution >= 0.6 is 27.5 Å². The van der Waals surface area contributed by atoms with Crippen LogP contribution < -0.4 is 5.73 Å². The Morgan fingerprint density at radius 2 is 1.83 bits per heavy atom. The summed E-state index contributed by atoms with van der Waals surface area (Å²) in [5, 5.41) is 0.694. The third-order valence-corrected chi connectivity index (χ3v) is 3.70. The fourth-order valence-corrected chi connectivity index (χ4v) is 2.45. The van der Waals surface area contributed by atoms with Gasteiger partial charge in [0.1, 0.15) is 5.82 Å². The first-order valence-electron chi connectivity index (χ1n) is 5.51. The van der Waals surface area contributed by atoms with Crippen molar-refractivity contribution in [2.24, 2.45) is 5.73 Å². The molecule has 0 aliphatic carbocycles. The number of hydrogen-bond donors (Lipinski definition) is 1. The van der Waals surface area contributed by atoms with Crippen LogP contribution in [0.3, 0.4) is 0 Å². The monoisotopic (exact) mass is 327 g/mol. The average molecular weight is 329 g/mol. The van der Waals surface area contributed by atoms with Crippen molar-refractivity contribution in [1.82, 2.24) is 0 Å². The molecule has 0 aliphatic heterocycles. The highest BCUT2D eigenvalue weighted by molar-refractivity contribution is 9.10. The van der Waals surface area contributed by atoms with E-state index in [1.165, 1.54) is 12.1 Å². The number of hydrogen-bond acceptors (Lipinski definition) is 1. The number of halogens is 3. The van der Waals surface area contributed by atoms with Crippen molar-refractivity contribution >= 4 is 27.5 Å². The normalized spacial score (nSPS) is 12.4. The molecule has 2 N–H and O–H groups in total. The van der Waals surface area contributed by atoms with Crippen molar-refractivity contribution in [3.8, 4) is 0 Å². The third-order valence-electron chi connectivity index (χ3n) is 2.73. The van der Waals surface area contributed by atoms with Gasteiger partial charge in [-0.2, -0.15) is 0 Å². The van der Waals surface area contributed by atoms with E-state index in [0.29, 0.717) is 11.4 Å². The average Bonchev–Trinajstić information content (AvgIpc) is 2.35. The van der Waals surface area contributed by atoms with E-state index in [-0.39, 0.29) is 11.9 Å². The minimum Gasteiger partial charge on any atom is -0.324 e. The highest BCUT2D eigenvalue weighted by Crippen LogP contribution is 2.25. The summed E-state index contributed by atoms with van der Waals surface area (Å²) in [6.07, 6.45) is 0.638. The van der Waals surface area contributed by atoms with Gasteiger partial charge in [-0.05, 0) is 47.9 Å². The molecule has 1 nitrogen and oxygen atoms in total.